The summed E-state index contributed by atoms with van der Waals surface area (Å²) in [5, 5.41) is 0. The van der Waals surface area contributed by atoms with Gasteiger partial charge in [0.2, 0.25) is 5.91 Å². The molecule has 0 spiro atoms. The van der Waals surface area contributed by atoms with Crippen molar-refractivity contribution in [3.63, 3.8) is 0 Å². The average molecular weight is 370 g/mol. The first-order valence-corrected chi connectivity index (χ1v) is 11.4. The summed E-state index contributed by atoms with van der Waals surface area (Å²) in [4.78, 5) is 13.9. The molecule has 0 fully saturated rings. The van der Waals surface area contributed by atoms with Crippen molar-refractivity contribution in [2.45, 2.75) is 110 Å². The van der Waals surface area contributed by atoms with E-state index in [0.29, 0.717) is 32.6 Å². The first-order chi connectivity index (χ1) is 12.8. The van der Waals surface area contributed by atoms with E-state index in [2.05, 4.69) is 6.92 Å². The van der Waals surface area contributed by atoms with Crippen molar-refractivity contribution in [2.75, 3.05) is 26.2 Å². The Bertz CT molecular complexity index is 291. The molecule has 26 heavy (non-hydrogen) atoms. The summed E-state index contributed by atoms with van der Waals surface area (Å²) in [5.74, 6) is 0.218. The highest BCUT2D eigenvalue weighted by Crippen LogP contribution is 2.14. The van der Waals surface area contributed by atoms with Gasteiger partial charge < -0.3 is 16.4 Å². The number of carbonyl (C=O) groups is 1. The molecule has 0 unspecified atom stereocenters. The zero-order chi connectivity index (χ0) is 19.3. The summed E-state index contributed by atoms with van der Waals surface area (Å²) < 4.78 is 0. The molecule has 0 saturated heterocycles. The van der Waals surface area contributed by atoms with Crippen molar-refractivity contribution in [1.29, 1.82) is 0 Å². The van der Waals surface area contributed by atoms with E-state index in [1.54, 1.807) is 0 Å². The van der Waals surface area contributed by atoms with Gasteiger partial charge in [-0.05, 0) is 6.42 Å². The summed E-state index contributed by atoms with van der Waals surface area (Å²) in [6, 6.07) is 0. The van der Waals surface area contributed by atoms with Crippen molar-refractivity contribution >= 4 is 5.91 Å². The normalized spacial score (nSPS) is 11.0. The molecule has 0 aromatic carbocycles. The van der Waals surface area contributed by atoms with Gasteiger partial charge in [0.15, 0.2) is 0 Å². The van der Waals surface area contributed by atoms with Gasteiger partial charge >= 0.3 is 0 Å². The van der Waals surface area contributed by atoms with Crippen LogP contribution in [0.1, 0.15) is 110 Å². The zero-order valence-electron chi connectivity index (χ0n) is 17.7. The molecule has 4 nitrogen and oxygen atoms in total. The molecule has 0 heterocycles. The summed E-state index contributed by atoms with van der Waals surface area (Å²) >= 11 is 0. The Morgan fingerprint density at radius 2 is 0.962 bits per heavy atom. The monoisotopic (exact) mass is 369 g/mol. The molecule has 0 aliphatic heterocycles. The number of unbranched alkanes of at least 4 members (excludes halogenated alkanes) is 14. The van der Waals surface area contributed by atoms with Crippen LogP contribution >= 0.6 is 0 Å². The fourth-order valence-corrected chi connectivity index (χ4v) is 3.48. The maximum Gasteiger partial charge on any atom is 0.222 e. The predicted octanol–water partition coefficient (Wildman–Crippen LogP) is 4.99. The number of hydrogen-bond acceptors (Lipinski definition) is 3. The lowest BCUT2D eigenvalue weighted by Crippen LogP contribution is -2.38. The Hall–Kier alpha value is -0.610. The molecule has 0 aromatic rings. The van der Waals surface area contributed by atoms with Gasteiger partial charge in [-0.25, -0.2) is 0 Å². The molecule has 0 aromatic heterocycles. The fourth-order valence-electron chi connectivity index (χ4n) is 3.48. The third kappa shape index (κ3) is 16.8. The minimum atomic E-state index is 0.218. The highest BCUT2D eigenvalue weighted by Gasteiger charge is 2.10. The number of nitrogens with two attached hydrogens (primary N) is 2. The van der Waals surface area contributed by atoms with E-state index in [0.717, 1.165) is 6.42 Å². The molecular formula is C22H47N3O. The van der Waals surface area contributed by atoms with Crippen LogP contribution in [0.25, 0.3) is 0 Å². The van der Waals surface area contributed by atoms with Crippen molar-refractivity contribution in [2.24, 2.45) is 11.5 Å². The van der Waals surface area contributed by atoms with Gasteiger partial charge in [-0.3, -0.25) is 4.79 Å². The van der Waals surface area contributed by atoms with Crippen LogP contribution in [0.4, 0.5) is 0 Å². The number of nitrogens with zero attached hydrogens (tertiary/aromatic N) is 1. The van der Waals surface area contributed by atoms with Crippen molar-refractivity contribution in [3.8, 4) is 0 Å². The van der Waals surface area contributed by atoms with Crippen LogP contribution in [0.5, 0.6) is 0 Å². The Kier molecular flexibility index (Phi) is 20.2. The molecule has 0 aliphatic carbocycles. The minimum Gasteiger partial charge on any atom is -0.340 e. The van der Waals surface area contributed by atoms with E-state index < -0.39 is 0 Å². The summed E-state index contributed by atoms with van der Waals surface area (Å²) in [6.45, 7) is 4.58. The third-order valence-electron chi connectivity index (χ3n) is 5.14. The number of rotatable bonds is 20. The molecular weight excluding hydrogens is 322 g/mol. The fraction of sp³-hybridized carbons (Fsp3) is 0.955. The van der Waals surface area contributed by atoms with Gasteiger partial charge in [0.05, 0.1) is 0 Å². The lowest BCUT2D eigenvalue weighted by Gasteiger charge is -2.21. The summed E-state index contributed by atoms with van der Waals surface area (Å²) in [6.07, 6.45) is 20.9. The molecule has 4 heteroatoms. The van der Waals surface area contributed by atoms with Crippen molar-refractivity contribution in [3.05, 3.63) is 0 Å². The molecule has 0 rings (SSSR count). The minimum absolute atomic E-state index is 0.218. The first kappa shape index (κ1) is 25.4. The second-order valence-electron chi connectivity index (χ2n) is 7.66. The van der Waals surface area contributed by atoms with Crippen molar-refractivity contribution in [1.82, 2.24) is 4.90 Å². The lowest BCUT2D eigenvalue weighted by atomic mass is 10.0. The molecule has 0 atom stereocenters. The van der Waals surface area contributed by atoms with E-state index in [9.17, 15) is 4.79 Å². The van der Waals surface area contributed by atoms with E-state index in [1.807, 2.05) is 4.90 Å². The van der Waals surface area contributed by atoms with Crippen molar-refractivity contribution < 1.29 is 4.79 Å². The topological polar surface area (TPSA) is 72.3 Å². The standard InChI is InChI=1S/C22H47N3O/c1-2-3-4-5-6-7-8-9-10-11-12-13-14-15-16-17-22(26)25(20-18-23)21-19-24/h2-21,23-24H2,1H3. The molecule has 0 radical (unpaired) electrons. The van der Waals surface area contributed by atoms with E-state index >= 15 is 0 Å². The van der Waals surface area contributed by atoms with Gasteiger partial charge in [-0.1, -0.05) is 96.8 Å². The molecule has 4 N–H and O–H groups in total. The van der Waals surface area contributed by atoms with Crippen LogP contribution < -0.4 is 11.5 Å². The average Bonchev–Trinajstić information content (AvgIpc) is 2.64. The molecule has 0 saturated carbocycles. The highest BCUT2D eigenvalue weighted by atomic mass is 16.2. The third-order valence-corrected chi connectivity index (χ3v) is 5.14. The van der Waals surface area contributed by atoms with E-state index in [1.165, 1.54) is 89.9 Å². The Balaban J connectivity index is 3.29. The predicted molar refractivity (Wildman–Crippen MR) is 114 cm³/mol. The molecule has 0 bridgehead atoms. The Morgan fingerprint density at radius 3 is 1.31 bits per heavy atom. The van der Waals surface area contributed by atoms with Gasteiger partial charge in [-0.2, -0.15) is 0 Å². The second-order valence-corrected chi connectivity index (χ2v) is 7.66. The van der Waals surface area contributed by atoms with Crippen LogP contribution in [0.2, 0.25) is 0 Å². The number of carbonyl (C=O) groups excluding carboxylic acids is 1. The van der Waals surface area contributed by atoms with Gasteiger partial charge in [0, 0.05) is 32.6 Å². The molecule has 1 amide bonds. The number of hydrogen-bond donors (Lipinski definition) is 2. The van der Waals surface area contributed by atoms with E-state index in [4.69, 9.17) is 11.5 Å². The largest absolute Gasteiger partial charge is 0.340 e. The second kappa shape index (κ2) is 20.7. The van der Waals surface area contributed by atoms with Crippen LogP contribution in [-0.4, -0.2) is 37.0 Å². The van der Waals surface area contributed by atoms with Crippen LogP contribution in [0.3, 0.4) is 0 Å². The van der Waals surface area contributed by atoms with Gasteiger partial charge in [-0.15, -0.1) is 0 Å². The Morgan fingerprint density at radius 1 is 0.615 bits per heavy atom. The smallest absolute Gasteiger partial charge is 0.222 e. The van der Waals surface area contributed by atoms with E-state index in [-0.39, 0.29) is 5.91 Å². The maximum absolute atomic E-state index is 12.1. The zero-order valence-corrected chi connectivity index (χ0v) is 17.7. The highest BCUT2D eigenvalue weighted by molar-refractivity contribution is 5.76. The maximum atomic E-state index is 12.1. The lowest BCUT2D eigenvalue weighted by molar-refractivity contribution is -0.131. The van der Waals surface area contributed by atoms with Gasteiger partial charge in [0.1, 0.15) is 0 Å². The summed E-state index contributed by atoms with van der Waals surface area (Å²) in [7, 11) is 0. The van der Waals surface area contributed by atoms with Crippen LogP contribution in [0.15, 0.2) is 0 Å². The quantitative estimate of drug-likeness (QED) is 0.297. The number of amides is 1. The van der Waals surface area contributed by atoms with Crippen LogP contribution in [-0.2, 0) is 4.79 Å². The summed E-state index contributed by atoms with van der Waals surface area (Å²) in [5.41, 5.74) is 11.1. The molecule has 0 aliphatic rings. The molecule has 156 valence electrons. The first-order valence-electron chi connectivity index (χ1n) is 11.4. The SMILES string of the molecule is CCCCCCCCCCCCCCCCCC(=O)N(CCN)CCN. The van der Waals surface area contributed by atoms with Crippen LogP contribution in [0, 0.1) is 0 Å². The van der Waals surface area contributed by atoms with Gasteiger partial charge in [0.25, 0.3) is 0 Å². The Labute approximate surface area is 163 Å².